The van der Waals surface area contributed by atoms with Crippen LogP contribution in [0.4, 0.5) is 9.39 Å². The van der Waals surface area contributed by atoms with Gasteiger partial charge in [0.05, 0.1) is 6.61 Å². The quantitative estimate of drug-likeness (QED) is 0.866. The van der Waals surface area contributed by atoms with Gasteiger partial charge in [0.1, 0.15) is 16.4 Å². The highest BCUT2D eigenvalue weighted by molar-refractivity contribution is 7.14. The van der Waals surface area contributed by atoms with Crippen molar-refractivity contribution in [1.82, 2.24) is 0 Å². The number of thiophene rings is 1. The molecule has 0 fully saturated rings. The molecule has 0 amide bonds. The first kappa shape index (κ1) is 12.6. The van der Waals surface area contributed by atoms with Crippen LogP contribution >= 0.6 is 11.3 Å². The molecule has 94 valence electrons. The van der Waals surface area contributed by atoms with E-state index in [2.05, 4.69) is 0 Å². The summed E-state index contributed by atoms with van der Waals surface area (Å²) >= 11 is 1.24. The minimum Gasteiger partial charge on any atom is -0.462 e. The smallest absolute Gasteiger partial charge is 0.341 e. The first-order chi connectivity index (χ1) is 8.63. The van der Waals surface area contributed by atoms with Crippen molar-refractivity contribution in [2.45, 2.75) is 6.92 Å². The molecule has 1 aromatic heterocycles. The molecule has 5 heteroatoms. The predicted octanol–water partition coefficient (Wildman–Crippen LogP) is 3.31. The average Bonchev–Trinajstić information content (AvgIpc) is 2.71. The third-order valence-corrected chi connectivity index (χ3v) is 3.25. The Hall–Kier alpha value is -1.88. The summed E-state index contributed by atoms with van der Waals surface area (Å²) in [5.74, 6) is -0.831. The number of carbonyl (C=O) groups excluding carboxylic acids is 1. The molecule has 0 atom stereocenters. The van der Waals surface area contributed by atoms with Gasteiger partial charge in [0.15, 0.2) is 0 Å². The van der Waals surface area contributed by atoms with Crippen molar-refractivity contribution in [3.8, 4) is 11.1 Å². The largest absolute Gasteiger partial charge is 0.462 e. The number of halogens is 1. The summed E-state index contributed by atoms with van der Waals surface area (Å²) in [4.78, 5) is 11.8. The van der Waals surface area contributed by atoms with Gasteiger partial charge in [-0.2, -0.15) is 0 Å². The van der Waals surface area contributed by atoms with Crippen molar-refractivity contribution in [2.24, 2.45) is 0 Å². The number of ether oxygens (including phenoxy) is 1. The average molecular weight is 265 g/mol. The van der Waals surface area contributed by atoms with Gasteiger partial charge in [-0.3, -0.25) is 0 Å². The number of carbonyl (C=O) groups is 1. The van der Waals surface area contributed by atoms with Crippen LogP contribution in [0.15, 0.2) is 29.6 Å². The number of rotatable bonds is 3. The Morgan fingerprint density at radius 1 is 1.50 bits per heavy atom. The molecule has 2 N–H and O–H groups in total. The second-order valence-corrected chi connectivity index (χ2v) is 4.53. The Bertz CT molecular complexity index is 580. The van der Waals surface area contributed by atoms with Gasteiger partial charge < -0.3 is 10.5 Å². The van der Waals surface area contributed by atoms with Crippen LogP contribution in [0.1, 0.15) is 17.3 Å². The molecule has 2 rings (SSSR count). The monoisotopic (exact) mass is 265 g/mol. The molecular formula is C13H12FNO2S. The topological polar surface area (TPSA) is 52.3 Å². The molecule has 0 radical (unpaired) electrons. The van der Waals surface area contributed by atoms with Crippen LogP contribution in [-0.2, 0) is 4.74 Å². The van der Waals surface area contributed by atoms with Crippen LogP contribution < -0.4 is 5.73 Å². The van der Waals surface area contributed by atoms with Gasteiger partial charge in [-0.15, -0.1) is 11.3 Å². The summed E-state index contributed by atoms with van der Waals surface area (Å²) in [7, 11) is 0. The SMILES string of the molecule is CCOC(=O)c1c(-c2cccc(F)c2)csc1N. The molecule has 0 saturated carbocycles. The molecule has 1 heterocycles. The summed E-state index contributed by atoms with van der Waals surface area (Å²) in [5.41, 5.74) is 7.31. The standard InChI is InChI=1S/C13H12FNO2S/c1-2-17-13(16)11-10(7-18-12(11)15)8-4-3-5-9(14)6-8/h3-7H,2,15H2,1H3. The van der Waals surface area contributed by atoms with Crippen LogP contribution in [-0.4, -0.2) is 12.6 Å². The molecule has 2 aromatic rings. The summed E-state index contributed by atoms with van der Waals surface area (Å²) in [6.45, 7) is 2.00. The molecule has 0 saturated heterocycles. The molecule has 18 heavy (non-hydrogen) atoms. The lowest BCUT2D eigenvalue weighted by molar-refractivity contribution is 0.0529. The number of nitrogen functional groups attached to an aromatic ring is 1. The Kier molecular flexibility index (Phi) is 3.62. The van der Waals surface area contributed by atoms with Crippen molar-refractivity contribution in [2.75, 3.05) is 12.3 Å². The van der Waals surface area contributed by atoms with E-state index in [1.54, 1.807) is 24.4 Å². The van der Waals surface area contributed by atoms with E-state index in [4.69, 9.17) is 10.5 Å². The van der Waals surface area contributed by atoms with E-state index in [-0.39, 0.29) is 12.4 Å². The zero-order chi connectivity index (χ0) is 13.1. The lowest BCUT2D eigenvalue weighted by Crippen LogP contribution is -2.07. The van der Waals surface area contributed by atoms with Crippen LogP contribution in [0.2, 0.25) is 0 Å². The predicted molar refractivity (Wildman–Crippen MR) is 70.1 cm³/mol. The Morgan fingerprint density at radius 3 is 2.94 bits per heavy atom. The third kappa shape index (κ3) is 2.36. The van der Waals surface area contributed by atoms with E-state index in [9.17, 15) is 9.18 Å². The van der Waals surface area contributed by atoms with Crippen LogP contribution in [0.25, 0.3) is 11.1 Å². The highest BCUT2D eigenvalue weighted by Crippen LogP contribution is 2.34. The maximum absolute atomic E-state index is 13.2. The van der Waals surface area contributed by atoms with Crippen LogP contribution in [0, 0.1) is 5.82 Å². The Morgan fingerprint density at radius 2 is 2.28 bits per heavy atom. The fourth-order valence-corrected chi connectivity index (χ4v) is 2.47. The summed E-state index contributed by atoms with van der Waals surface area (Å²) in [5, 5.41) is 2.11. The fraction of sp³-hybridized carbons (Fsp3) is 0.154. The lowest BCUT2D eigenvalue weighted by atomic mass is 10.0. The summed E-state index contributed by atoms with van der Waals surface area (Å²) < 4.78 is 18.1. The number of hydrogen-bond acceptors (Lipinski definition) is 4. The van der Waals surface area contributed by atoms with Crippen molar-refractivity contribution < 1.29 is 13.9 Å². The molecule has 0 bridgehead atoms. The van der Waals surface area contributed by atoms with Gasteiger partial charge in [-0.25, -0.2) is 9.18 Å². The van der Waals surface area contributed by atoms with E-state index in [1.165, 1.54) is 23.5 Å². The maximum atomic E-state index is 13.2. The van der Waals surface area contributed by atoms with E-state index in [0.717, 1.165) is 0 Å². The minimum atomic E-state index is -0.476. The van der Waals surface area contributed by atoms with Crippen LogP contribution in [0.5, 0.6) is 0 Å². The van der Waals surface area contributed by atoms with E-state index < -0.39 is 5.97 Å². The molecule has 0 aliphatic heterocycles. The van der Waals surface area contributed by atoms with Gasteiger partial charge in [-0.05, 0) is 24.6 Å². The van der Waals surface area contributed by atoms with Gasteiger partial charge >= 0.3 is 5.97 Å². The van der Waals surface area contributed by atoms with E-state index >= 15 is 0 Å². The second kappa shape index (κ2) is 5.18. The molecule has 0 unspecified atom stereocenters. The van der Waals surface area contributed by atoms with E-state index in [0.29, 0.717) is 21.7 Å². The minimum absolute atomic E-state index is 0.275. The Balaban J connectivity index is 2.49. The van der Waals surface area contributed by atoms with Crippen molar-refractivity contribution in [1.29, 1.82) is 0 Å². The highest BCUT2D eigenvalue weighted by atomic mass is 32.1. The molecular weight excluding hydrogens is 253 g/mol. The third-order valence-electron chi connectivity index (χ3n) is 2.43. The highest BCUT2D eigenvalue weighted by Gasteiger charge is 2.19. The van der Waals surface area contributed by atoms with Crippen molar-refractivity contribution >= 4 is 22.3 Å². The zero-order valence-electron chi connectivity index (χ0n) is 9.77. The summed E-state index contributed by atoms with van der Waals surface area (Å²) in [6.07, 6.45) is 0. The molecule has 3 nitrogen and oxygen atoms in total. The van der Waals surface area contributed by atoms with Crippen molar-refractivity contribution in [3.63, 3.8) is 0 Å². The van der Waals surface area contributed by atoms with Gasteiger partial charge in [-0.1, -0.05) is 12.1 Å². The second-order valence-electron chi connectivity index (χ2n) is 3.62. The number of hydrogen-bond donors (Lipinski definition) is 1. The molecule has 0 aliphatic rings. The van der Waals surface area contributed by atoms with E-state index in [1.807, 2.05) is 0 Å². The van der Waals surface area contributed by atoms with Gasteiger partial charge in [0.25, 0.3) is 0 Å². The normalized spacial score (nSPS) is 10.3. The first-order valence-corrected chi connectivity index (χ1v) is 6.31. The fourth-order valence-electron chi connectivity index (χ4n) is 1.66. The number of esters is 1. The van der Waals surface area contributed by atoms with Crippen molar-refractivity contribution in [3.05, 3.63) is 41.0 Å². The zero-order valence-corrected chi connectivity index (χ0v) is 10.6. The maximum Gasteiger partial charge on any atom is 0.341 e. The first-order valence-electron chi connectivity index (χ1n) is 5.43. The molecule has 0 spiro atoms. The van der Waals surface area contributed by atoms with Crippen LogP contribution in [0.3, 0.4) is 0 Å². The summed E-state index contributed by atoms with van der Waals surface area (Å²) in [6, 6.07) is 6.04. The number of benzene rings is 1. The van der Waals surface area contributed by atoms with Gasteiger partial charge in [0.2, 0.25) is 0 Å². The van der Waals surface area contributed by atoms with Gasteiger partial charge in [0, 0.05) is 10.9 Å². The molecule has 0 aliphatic carbocycles. The number of nitrogens with two attached hydrogens (primary N) is 1. The number of anilines is 1. The lowest BCUT2D eigenvalue weighted by Gasteiger charge is -2.05. The molecule has 1 aromatic carbocycles. The Labute approximate surface area is 108 Å².